The van der Waals surface area contributed by atoms with Crippen molar-refractivity contribution in [3.8, 4) is 5.75 Å². The number of benzene rings is 2. The third-order valence-electron chi connectivity index (χ3n) is 3.65. The lowest BCUT2D eigenvalue weighted by Crippen LogP contribution is -2.18. The van der Waals surface area contributed by atoms with E-state index in [2.05, 4.69) is 20.1 Å². The van der Waals surface area contributed by atoms with E-state index in [1.54, 1.807) is 48.5 Å². The quantitative estimate of drug-likeness (QED) is 0.559. The SMILES string of the molecule is COC(=O)/C=C(\Nc1cc(OC)ccc1NC(=O)c1ccccc1)C(=O)OC. The van der Waals surface area contributed by atoms with Gasteiger partial charge in [0, 0.05) is 11.6 Å². The molecule has 0 heterocycles. The molecule has 0 aliphatic heterocycles. The standard InChI is InChI=1S/C20H20N2O6/c1-26-14-9-10-15(22-19(24)13-7-5-4-6-8-13)16(11-14)21-17(20(25)28-3)12-18(23)27-2/h4-12,21H,1-3H3,(H,22,24)/b17-12-. The van der Waals surface area contributed by atoms with Crippen LogP contribution in [0.2, 0.25) is 0 Å². The van der Waals surface area contributed by atoms with Crippen LogP contribution in [0.3, 0.4) is 0 Å². The van der Waals surface area contributed by atoms with Gasteiger partial charge in [0.1, 0.15) is 11.4 Å². The van der Waals surface area contributed by atoms with Gasteiger partial charge in [-0.15, -0.1) is 0 Å². The van der Waals surface area contributed by atoms with Gasteiger partial charge < -0.3 is 24.8 Å². The van der Waals surface area contributed by atoms with Gasteiger partial charge in [-0.3, -0.25) is 4.79 Å². The minimum absolute atomic E-state index is 0.169. The smallest absolute Gasteiger partial charge is 0.354 e. The molecule has 1 amide bonds. The van der Waals surface area contributed by atoms with E-state index in [9.17, 15) is 14.4 Å². The lowest BCUT2D eigenvalue weighted by Gasteiger charge is -2.15. The van der Waals surface area contributed by atoms with E-state index < -0.39 is 11.9 Å². The van der Waals surface area contributed by atoms with Crippen LogP contribution in [0.4, 0.5) is 11.4 Å². The maximum atomic E-state index is 12.5. The van der Waals surface area contributed by atoms with Crippen molar-refractivity contribution in [3.05, 3.63) is 65.9 Å². The number of hydrogen-bond donors (Lipinski definition) is 2. The van der Waals surface area contributed by atoms with Crippen molar-refractivity contribution in [2.45, 2.75) is 0 Å². The summed E-state index contributed by atoms with van der Waals surface area (Å²) in [4.78, 5) is 36.0. The second-order valence-corrected chi connectivity index (χ2v) is 5.43. The second kappa shape index (κ2) is 9.77. The average molecular weight is 384 g/mol. The molecule has 2 N–H and O–H groups in total. The fraction of sp³-hybridized carbons (Fsp3) is 0.150. The van der Waals surface area contributed by atoms with Gasteiger partial charge in [-0.1, -0.05) is 18.2 Å². The van der Waals surface area contributed by atoms with E-state index in [0.717, 1.165) is 6.08 Å². The van der Waals surface area contributed by atoms with Crippen molar-refractivity contribution in [2.75, 3.05) is 32.0 Å². The van der Waals surface area contributed by atoms with Gasteiger partial charge in [0.25, 0.3) is 5.91 Å². The van der Waals surface area contributed by atoms with Gasteiger partial charge in [-0.2, -0.15) is 0 Å². The molecule has 0 bridgehead atoms. The summed E-state index contributed by atoms with van der Waals surface area (Å²) in [7, 11) is 3.84. The van der Waals surface area contributed by atoms with E-state index in [4.69, 9.17) is 4.74 Å². The van der Waals surface area contributed by atoms with E-state index in [-0.39, 0.29) is 11.6 Å². The van der Waals surface area contributed by atoms with Crippen molar-refractivity contribution >= 4 is 29.2 Å². The highest BCUT2D eigenvalue weighted by molar-refractivity contribution is 6.07. The number of ether oxygens (including phenoxy) is 3. The van der Waals surface area contributed by atoms with Gasteiger partial charge in [-0.25, -0.2) is 9.59 Å². The van der Waals surface area contributed by atoms with Crippen LogP contribution < -0.4 is 15.4 Å². The van der Waals surface area contributed by atoms with Crippen LogP contribution >= 0.6 is 0 Å². The lowest BCUT2D eigenvalue weighted by molar-refractivity contribution is -0.138. The van der Waals surface area contributed by atoms with E-state index in [0.29, 0.717) is 22.7 Å². The number of methoxy groups -OCH3 is 3. The van der Waals surface area contributed by atoms with E-state index in [1.165, 1.54) is 21.3 Å². The number of nitrogens with one attached hydrogen (secondary N) is 2. The summed E-state index contributed by atoms with van der Waals surface area (Å²) in [5.74, 6) is -1.40. The molecule has 2 rings (SSSR count). The summed E-state index contributed by atoms with van der Waals surface area (Å²) in [5.41, 5.74) is 0.985. The number of esters is 2. The molecule has 0 aliphatic rings. The number of anilines is 2. The highest BCUT2D eigenvalue weighted by atomic mass is 16.5. The normalized spacial score (nSPS) is 10.6. The highest BCUT2D eigenvalue weighted by Gasteiger charge is 2.16. The first-order valence-electron chi connectivity index (χ1n) is 8.18. The summed E-state index contributed by atoms with van der Waals surface area (Å²) in [5, 5.41) is 5.54. The van der Waals surface area contributed by atoms with Crippen LogP contribution in [-0.4, -0.2) is 39.2 Å². The summed E-state index contributed by atoms with van der Waals surface area (Å²) >= 11 is 0. The zero-order valence-electron chi connectivity index (χ0n) is 15.6. The Kier molecular flexibility index (Phi) is 7.15. The molecule has 0 saturated carbocycles. The average Bonchev–Trinajstić information content (AvgIpc) is 2.74. The van der Waals surface area contributed by atoms with Gasteiger partial charge in [0.15, 0.2) is 0 Å². The van der Waals surface area contributed by atoms with E-state index in [1.807, 2.05) is 0 Å². The fourth-order valence-corrected chi connectivity index (χ4v) is 2.22. The molecule has 0 aromatic heterocycles. The Bertz CT molecular complexity index is 893. The number of carbonyl (C=O) groups is 3. The van der Waals surface area contributed by atoms with Crippen molar-refractivity contribution in [3.63, 3.8) is 0 Å². The van der Waals surface area contributed by atoms with E-state index >= 15 is 0 Å². The summed E-state index contributed by atoms with van der Waals surface area (Å²) in [6.07, 6.45) is 0.952. The molecule has 8 heteroatoms. The minimum atomic E-state index is -0.784. The van der Waals surface area contributed by atoms with Gasteiger partial charge in [0.05, 0.1) is 38.8 Å². The number of rotatable bonds is 7. The summed E-state index contributed by atoms with van der Waals surface area (Å²) < 4.78 is 14.4. The first kappa shape index (κ1) is 20.5. The topological polar surface area (TPSA) is 103 Å². The monoisotopic (exact) mass is 384 g/mol. The van der Waals surface area contributed by atoms with Gasteiger partial charge >= 0.3 is 11.9 Å². The first-order valence-corrected chi connectivity index (χ1v) is 8.18. The maximum Gasteiger partial charge on any atom is 0.354 e. The Balaban J connectivity index is 2.38. The molecule has 0 spiro atoms. The predicted octanol–water partition coefficient (Wildman–Crippen LogP) is 2.59. The predicted molar refractivity (Wildman–Crippen MR) is 103 cm³/mol. The van der Waals surface area contributed by atoms with Crippen LogP contribution in [0, 0.1) is 0 Å². The molecule has 0 fully saturated rings. The molecule has 28 heavy (non-hydrogen) atoms. The molecule has 2 aromatic rings. The number of hydrogen-bond acceptors (Lipinski definition) is 7. The van der Waals surface area contributed by atoms with Crippen LogP contribution in [0.15, 0.2) is 60.3 Å². The fourth-order valence-electron chi connectivity index (χ4n) is 2.22. The van der Waals surface area contributed by atoms with Crippen molar-refractivity contribution < 1.29 is 28.6 Å². The molecule has 0 unspecified atom stereocenters. The Hall–Kier alpha value is -3.81. The first-order chi connectivity index (χ1) is 13.5. The van der Waals surface area contributed by atoms with Gasteiger partial charge in [-0.05, 0) is 24.3 Å². The van der Waals surface area contributed by atoms with Crippen molar-refractivity contribution in [1.82, 2.24) is 0 Å². The maximum absolute atomic E-state index is 12.5. The van der Waals surface area contributed by atoms with Crippen LogP contribution in [-0.2, 0) is 19.1 Å². The van der Waals surface area contributed by atoms with Crippen molar-refractivity contribution in [2.24, 2.45) is 0 Å². The molecular weight excluding hydrogens is 364 g/mol. The minimum Gasteiger partial charge on any atom is -0.497 e. The third kappa shape index (κ3) is 5.34. The lowest BCUT2D eigenvalue weighted by atomic mass is 10.2. The Morgan fingerprint density at radius 2 is 1.57 bits per heavy atom. The molecule has 2 aromatic carbocycles. The largest absolute Gasteiger partial charge is 0.497 e. The van der Waals surface area contributed by atoms with Crippen LogP contribution in [0.25, 0.3) is 0 Å². The Labute approximate surface area is 162 Å². The third-order valence-corrected chi connectivity index (χ3v) is 3.65. The molecular formula is C20H20N2O6. The molecule has 146 valence electrons. The molecule has 0 radical (unpaired) electrons. The van der Waals surface area contributed by atoms with Crippen molar-refractivity contribution in [1.29, 1.82) is 0 Å². The highest BCUT2D eigenvalue weighted by Crippen LogP contribution is 2.29. The zero-order valence-corrected chi connectivity index (χ0v) is 15.6. The molecule has 0 saturated heterocycles. The Morgan fingerprint density at radius 1 is 0.857 bits per heavy atom. The molecule has 0 atom stereocenters. The Morgan fingerprint density at radius 3 is 2.18 bits per heavy atom. The van der Waals surface area contributed by atoms with Crippen LogP contribution in [0.1, 0.15) is 10.4 Å². The van der Waals surface area contributed by atoms with Crippen LogP contribution in [0.5, 0.6) is 5.75 Å². The molecule has 0 aliphatic carbocycles. The zero-order chi connectivity index (χ0) is 20.5. The second-order valence-electron chi connectivity index (χ2n) is 5.43. The summed E-state index contributed by atoms with van der Waals surface area (Å²) in [6, 6.07) is 13.5. The summed E-state index contributed by atoms with van der Waals surface area (Å²) in [6.45, 7) is 0. The number of amides is 1. The van der Waals surface area contributed by atoms with Gasteiger partial charge in [0.2, 0.25) is 0 Å². The molecule has 8 nitrogen and oxygen atoms in total. The number of carbonyl (C=O) groups excluding carboxylic acids is 3.